The van der Waals surface area contributed by atoms with Crippen molar-refractivity contribution in [2.45, 2.75) is 31.1 Å². The number of benzene rings is 2. The van der Waals surface area contributed by atoms with E-state index >= 15 is 0 Å². The number of aliphatic imine (C=N–C) groups is 1. The number of rotatable bonds is 4. The Hall–Kier alpha value is -2.89. The van der Waals surface area contributed by atoms with Gasteiger partial charge in [0.15, 0.2) is 11.5 Å². The smallest absolute Gasteiger partial charge is 0.270 e. The number of nitro groups is 1. The highest BCUT2D eigenvalue weighted by Gasteiger charge is 2.41. The Morgan fingerprint density at radius 3 is 2.44 bits per heavy atom. The highest BCUT2D eigenvalue weighted by molar-refractivity contribution is 6.15. The molecule has 2 aromatic rings. The predicted molar refractivity (Wildman–Crippen MR) is 103 cm³/mol. The van der Waals surface area contributed by atoms with Crippen LogP contribution in [0.25, 0.3) is 0 Å². The van der Waals surface area contributed by atoms with Crippen molar-refractivity contribution >= 4 is 11.4 Å². The van der Waals surface area contributed by atoms with Crippen LogP contribution in [-0.2, 0) is 5.41 Å². The van der Waals surface area contributed by atoms with Crippen LogP contribution >= 0.6 is 0 Å². The highest BCUT2D eigenvalue weighted by atomic mass is 16.6. The number of hydrogen-bond acceptors (Lipinski definition) is 5. The van der Waals surface area contributed by atoms with E-state index in [-0.39, 0.29) is 16.0 Å². The van der Waals surface area contributed by atoms with Crippen molar-refractivity contribution in [1.82, 2.24) is 0 Å². The number of fused-ring (bicyclic) bond motifs is 2. The molecule has 6 heteroatoms. The lowest BCUT2D eigenvalue weighted by Crippen LogP contribution is -2.33. The lowest BCUT2D eigenvalue weighted by Gasteiger charge is -2.35. The molecule has 0 bridgehead atoms. The minimum absolute atomic E-state index is 0.0269. The van der Waals surface area contributed by atoms with Crippen LogP contribution in [0.4, 0.5) is 5.69 Å². The molecule has 1 heterocycles. The van der Waals surface area contributed by atoms with Crippen molar-refractivity contribution in [1.29, 1.82) is 0 Å². The second-order valence-electron chi connectivity index (χ2n) is 7.21. The van der Waals surface area contributed by atoms with E-state index in [0.717, 1.165) is 29.7 Å². The number of methoxy groups -OCH3 is 2. The summed E-state index contributed by atoms with van der Waals surface area (Å²) in [6.45, 7) is 0.702. The fraction of sp³-hybridized carbons (Fsp3) is 0.381. The molecule has 1 aliphatic carbocycles. The molecule has 0 N–H and O–H groups in total. The summed E-state index contributed by atoms with van der Waals surface area (Å²) in [5.41, 5.74) is 3.84. The Morgan fingerprint density at radius 1 is 1.07 bits per heavy atom. The van der Waals surface area contributed by atoms with Gasteiger partial charge < -0.3 is 9.47 Å². The number of hydrogen-bond donors (Lipinski definition) is 0. The van der Waals surface area contributed by atoms with Crippen LogP contribution in [0.1, 0.15) is 42.4 Å². The Labute approximate surface area is 158 Å². The van der Waals surface area contributed by atoms with Crippen LogP contribution in [0.15, 0.2) is 41.4 Å². The molecule has 27 heavy (non-hydrogen) atoms. The van der Waals surface area contributed by atoms with Crippen molar-refractivity contribution in [2.24, 2.45) is 4.99 Å². The van der Waals surface area contributed by atoms with Crippen LogP contribution in [0.5, 0.6) is 11.5 Å². The molecule has 0 atom stereocenters. The molecule has 0 radical (unpaired) electrons. The lowest BCUT2D eigenvalue weighted by molar-refractivity contribution is -0.384. The molecule has 0 saturated heterocycles. The summed E-state index contributed by atoms with van der Waals surface area (Å²) in [7, 11) is 3.26. The zero-order valence-corrected chi connectivity index (χ0v) is 15.5. The molecule has 1 spiro atoms. The van der Waals surface area contributed by atoms with Gasteiger partial charge in [0.2, 0.25) is 0 Å². The minimum atomic E-state index is -0.374. The molecule has 0 amide bonds. The first-order valence-corrected chi connectivity index (χ1v) is 9.14. The van der Waals surface area contributed by atoms with Gasteiger partial charge in [0, 0.05) is 35.2 Å². The molecular formula is C21H22N2O4. The van der Waals surface area contributed by atoms with Gasteiger partial charge in [-0.25, -0.2) is 0 Å². The van der Waals surface area contributed by atoms with Gasteiger partial charge in [-0.1, -0.05) is 25.0 Å². The molecule has 1 saturated carbocycles. The summed E-state index contributed by atoms with van der Waals surface area (Å²) >= 11 is 0. The van der Waals surface area contributed by atoms with Crippen molar-refractivity contribution in [3.05, 3.63) is 63.2 Å². The van der Waals surface area contributed by atoms with E-state index in [2.05, 4.69) is 6.07 Å². The molecule has 0 unspecified atom stereocenters. The second-order valence-corrected chi connectivity index (χ2v) is 7.21. The van der Waals surface area contributed by atoms with Gasteiger partial charge in [0.25, 0.3) is 5.69 Å². The zero-order valence-electron chi connectivity index (χ0n) is 15.5. The maximum atomic E-state index is 11.2. The molecule has 2 aromatic carbocycles. The average Bonchev–Trinajstić information content (AvgIpc) is 3.16. The van der Waals surface area contributed by atoms with Crippen LogP contribution in [0.3, 0.4) is 0 Å². The van der Waals surface area contributed by atoms with E-state index in [0.29, 0.717) is 18.0 Å². The van der Waals surface area contributed by atoms with Crippen LogP contribution in [0.2, 0.25) is 0 Å². The molecule has 0 aromatic heterocycles. The van der Waals surface area contributed by atoms with E-state index in [9.17, 15) is 10.1 Å². The maximum Gasteiger partial charge on any atom is 0.270 e. The Kier molecular flexibility index (Phi) is 4.34. The third-order valence-corrected chi connectivity index (χ3v) is 5.78. The molecule has 4 rings (SSSR count). The number of nitrogens with zero attached hydrogens (tertiary/aromatic N) is 2. The van der Waals surface area contributed by atoms with Gasteiger partial charge in [0.05, 0.1) is 24.9 Å². The zero-order chi connectivity index (χ0) is 19.0. The fourth-order valence-electron chi connectivity index (χ4n) is 4.41. The normalized spacial score (nSPS) is 17.3. The molecule has 1 fully saturated rings. The number of ether oxygens (including phenoxy) is 2. The maximum absolute atomic E-state index is 11.2. The van der Waals surface area contributed by atoms with Crippen molar-refractivity contribution < 1.29 is 14.4 Å². The average molecular weight is 366 g/mol. The predicted octanol–water partition coefficient (Wildman–Crippen LogP) is 4.27. The number of nitro benzene ring substituents is 1. The first kappa shape index (κ1) is 17.5. The fourth-order valence-corrected chi connectivity index (χ4v) is 4.41. The van der Waals surface area contributed by atoms with Gasteiger partial charge in [-0.3, -0.25) is 15.1 Å². The summed E-state index contributed by atoms with van der Waals surface area (Å²) in [4.78, 5) is 15.7. The third-order valence-electron chi connectivity index (χ3n) is 5.78. The summed E-state index contributed by atoms with van der Waals surface area (Å²) in [6, 6.07) is 10.7. The van der Waals surface area contributed by atoms with Crippen LogP contribution < -0.4 is 9.47 Å². The molecule has 140 valence electrons. The molecule has 1 aliphatic heterocycles. The number of non-ortho nitro benzene ring substituents is 1. The Morgan fingerprint density at radius 2 is 1.78 bits per heavy atom. The molecule has 6 nitrogen and oxygen atoms in total. The van der Waals surface area contributed by atoms with E-state index in [1.165, 1.54) is 24.5 Å². The first-order valence-electron chi connectivity index (χ1n) is 9.14. The third kappa shape index (κ3) is 2.85. The van der Waals surface area contributed by atoms with Crippen molar-refractivity contribution in [3.63, 3.8) is 0 Å². The van der Waals surface area contributed by atoms with Gasteiger partial charge in [-0.2, -0.15) is 0 Å². The standard InChI is InChI=1S/C21H22N2O4/c1-26-18-11-16-17(12-19(18)27-2)21(8-3-4-9-21)13-22-20(16)14-6-5-7-15(10-14)23(24)25/h5-7,10-12H,3-4,8-9,13H2,1-2H3. The summed E-state index contributed by atoms with van der Waals surface area (Å²) in [5, 5.41) is 11.2. The van der Waals surface area contributed by atoms with Gasteiger partial charge >= 0.3 is 0 Å². The summed E-state index contributed by atoms with van der Waals surface area (Å²) < 4.78 is 11.1. The summed E-state index contributed by atoms with van der Waals surface area (Å²) in [6.07, 6.45) is 4.58. The van der Waals surface area contributed by atoms with Crippen LogP contribution in [0, 0.1) is 10.1 Å². The minimum Gasteiger partial charge on any atom is -0.493 e. The highest BCUT2D eigenvalue weighted by Crippen LogP contribution is 2.48. The van der Waals surface area contributed by atoms with Gasteiger partial charge in [0.1, 0.15) is 0 Å². The van der Waals surface area contributed by atoms with E-state index in [4.69, 9.17) is 14.5 Å². The van der Waals surface area contributed by atoms with Crippen molar-refractivity contribution in [2.75, 3.05) is 20.8 Å². The van der Waals surface area contributed by atoms with Gasteiger partial charge in [-0.15, -0.1) is 0 Å². The lowest BCUT2D eigenvalue weighted by atomic mass is 9.73. The van der Waals surface area contributed by atoms with Gasteiger partial charge in [-0.05, 0) is 30.5 Å². The SMILES string of the molecule is COc1cc2c(cc1OC)C1(CCCC1)CN=C2c1cccc([N+](=O)[O-])c1. The van der Waals surface area contributed by atoms with Crippen LogP contribution in [-0.4, -0.2) is 31.4 Å². The van der Waals surface area contributed by atoms with Crippen molar-refractivity contribution in [3.8, 4) is 11.5 Å². The Balaban J connectivity index is 1.91. The second kappa shape index (κ2) is 6.68. The monoisotopic (exact) mass is 366 g/mol. The quantitative estimate of drug-likeness (QED) is 0.598. The molecular weight excluding hydrogens is 344 g/mol. The summed E-state index contributed by atoms with van der Waals surface area (Å²) in [5.74, 6) is 1.35. The van der Waals surface area contributed by atoms with E-state index in [1.54, 1.807) is 26.4 Å². The van der Waals surface area contributed by atoms with E-state index < -0.39 is 0 Å². The largest absolute Gasteiger partial charge is 0.493 e. The first-order chi connectivity index (χ1) is 13.1. The Bertz CT molecular complexity index is 930. The van der Waals surface area contributed by atoms with E-state index in [1.807, 2.05) is 12.1 Å². The molecule has 2 aliphatic rings. The topological polar surface area (TPSA) is 74.0 Å².